The second kappa shape index (κ2) is 9.25. The van der Waals surface area contributed by atoms with Gasteiger partial charge in [-0.2, -0.15) is 0 Å². The van der Waals surface area contributed by atoms with Crippen LogP contribution in [0.2, 0.25) is 0 Å². The Bertz CT molecular complexity index is 442. The molecule has 0 saturated carbocycles. The summed E-state index contributed by atoms with van der Waals surface area (Å²) in [6, 6.07) is 3.99. The van der Waals surface area contributed by atoms with Gasteiger partial charge in [0.25, 0.3) is 0 Å². The first-order valence-corrected chi connectivity index (χ1v) is 7.96. The van der Waals surface area contributed by atoms with Gasteiger partial charge < -0.3 is 24.3 Å². The van der Waals surface area contributed by atoms with Gasteiger partial charge in [0.2, 0.25) is 0 Å². The first-order valence-electron chi connectivity index (χ1n) is 7.16. The first kappa shape index (κ1) is 16.5. The van der Waals surface area contributed by atoms with Gasteiger partial charge in [0.05, 0.1) is 19.8 Å². The van der Waals surface area contributed by atoms with Crippen LogP contribution in [0, 0.1) is 0 Å². The molecule has 1 aromatic rings. The Morgan fingerprint density at radius 2 is 1.81 bits per heavy atom. The standard InChI is InChI=1S/C15H22BrNO4/c1-18-6-3-17-4-7-19-5-2-12-10-14-15(11-13(12)16)21-9-8-20-14/h10-11,17H,2-9H2,1H3. The van der Waals surface area contributed by atoms with Crippen LogP contribution in [0.4, 0.5) is 0 Å². The molecule has 1 heterocycles. The summed E-state index contributed by atoms with van der Waals surface area (Å²) in [5.74, 6) is 1.63. The van der Waals surface area contributed by atoms with Crippen molar-refractivity contribution in [1.82, 2.24) is 5.32 Å². The number of methoxy groups -OCH3 is 1. The molecule has 1 aromatic carbocycles. The summed E-state index contributed by atoms with van der Waals surface area (Å²) in [4.78, 5) is 0. The molecule has 1 N–H and O–H groups in total. The molecule has 1 aliphatic rings. The SMILES string of the molecule is COCCNCCOCCc1cc2c(cc1Br)OCCO2. The molecule has 2 rings (SSSR count). The van der Waals surface area contributed by atoms with Crippen LogP contribution in [0.3, 0.4) is 0 Å². The summed E-state index contributed by atoms with van der Waals surface area (Å²) in [5.41, 5.74) is 1.17. The number of benzene rings is 1. The fourth-order valence-corrected chi connectivity index (χ4v) is 2.55. The largest absolute Gasteiger partial charge is 0.486 e. The fourth-order valence-electron chi connectivity index (χ4n) is 2.03. The maximum absolute atomic E-state index is 5.62. The van der Waals surface area contributed by atoms with Crippen molar-refractivity contribution < 1.29 is 18.9 Å². The minimum absolute atomic E-state index is 0.609. The van der Waals surface area contributed by atoms with Gasteiger partial charge in [0.15, 0.2) is 11.5 Å². The van der Waals surface area contributed by atoms with E-state index in [4.69, 9.17) is 18.9 Å². The van der Waals surface area contributed by atoms with Gasteiger partial charge in [0.1, 0.15) is 13.2 Å². The first-order chi connectivity index (χ1) is 10.3. The highest BCUT2D eigenvalue weighted by atomic mass is 79.9. The van der Waals surface area contributed by atoms with Crippen molar-refractivity contribution >= 4 is 15.9 Å². The zero-order valence-electron chi connectivity index (χ0n) is 12.3. The Kier molecular flexibility index (Phi) is 7.29. The van der Waals surface area contributed by atoms with Crippen molar-refractivity contribution in [2.24, 2.45) is 0 Å². The summed E-state index contributed by atoms with van der Waals surface area (Å²) >= 11 is 3.57. The van der Waals surface area contributed by atoms with Crippen molar-refractivity contribution in [2.75, 3.05) is 53.2 Å². The van der Waals surface area contributed by atoms with E-state index in [1.54, 1.807) is 7.11 Å². The van der Waals surface area contributed by atoms with Crippen LogP contribution in [0.5, 0.6) is 11.5 Å². The quantitative estimate of drug-likeness (QED) is 0.683. The van der Waals surface area contributed by atoms with Crippen LogP contribution in [0.15, 0.2) is 16.6 Å². The number of ether oxygens (including phenoxy) is 4. The van der Waals surface area contributed by atoms with Crippen LogP contribution in [-0.2, 0) is 15.9 Å². The highest BCUT2D eigenvalue weighted by molar-refractivity contribution is 9.10. The number of fused-ring (bicyclic) bond motifs is 1. The van der Waals surface area contributed by atoms with Crippen molar-refractivity contribution in [3.63, 3.8) is 0 Å². The van der Waals surface area contributed by atoms with Gasteiger partial charge in [-0.05, 0) is 24.1 Å². The van der Waals surface area contributed by atoms with Gasteiger partial charge in [-0.1, -0.05) is 15.9 Å². The molecule has 6 heteroatoms. The predicted molar refractivity (Wildman–Crippen MR) is 84.4 cm³/mol. The molecule has 0 aliphatic carbocycles. The molecular weight excluding hydrogens is 338 g/mol. The van der Waals surface area contributed by atoms with Crippen LogP contribution in [0.25, 0.3) is 0 Å². The molecule has 0 saturated heterocycles. The maximum Gasteiger partial charge on any atom is 0.162 e. The minimum atomic E-state index is 0.609. The van der Waals surface area contributed by atoms with E-state index in [0.717, 1.165) is 42.1 Å². The van der Waals surface area contributed by atoms with Gasteiger partial charge in [-0.3, -0.25) is 0 Å². The number of nitrogens with one attached hydrogen (secondary N) is 1. The van der Waals surface area contributed by atoms with Crippen LogP contribution >= 0.6 is 15.9 Å². The molecule has 0 bridgehead atoms. The topological polar surface area (TPSA) is 49.0 Å². The lowest BCUT2D eigenvalue weighted by molar-refractivity contribution is 0.135. The van der Waals surface area contributed by atoms with Gasteiger partial charge >= 0.3 is 0 Å². The fraction of sp³-hybridized carbons (Fsp3) is 0.600. The smallest absolute Gasteiger partial charge is 0.162 e. The minimum Gasteiger partial charge on any atom is -0.486 e. The molecule has 1 aliphatic heterocycles. The van der Waals surface area contributed by atoms with E-state index in [2.05, 4.69) is 21.2 Å². The lowest BCUT2D eigenvalue weighted by Crippen LogP contribution is -2.23. The summed E-state index contributed by atoms with van der Waals surface area (Å²) < 4.78 is 22.7. The Hall–Kier alpha value is -0.820. The molecule has 0 spiro atoms. The molecule has 5 nitrogen and oxygen atoms in total. The molecule has 118 valence electrons. The lowest BCUT2D eigenvalue weighted by Gasteiger charge is -2.20. The molecule has 0 unspecified atom stereocenters. The monoisotopic (exact) mass is 359 g/mol. The summed E-state index contributed by atoms with van der Waals surface area (Å²) in [6.45, 7) is 5.02. The lowest BCUT2D eigenvalue weighted by atomic mass is 10.1. The van der Waals surface area contributed by atoms with Crippen molar-refractivity contribution in [2.45, 2.75) is 6.42 Å². The molecular formula is C15H22BrNO4. The summed E-state index contributed by atoms with van der Waals surface area (Å²) in [7, 11) is 1.70. The average molecular weight is 360 g/mol. The van der Waals surface area contributed by atoms with E-state index < -0.39 is 0 Å². The Balaban J connectivity index is 1.68. The van der Waals surface area contributed by atoms with Crippen LogP contribution in [-0.4, -0.2) is 53.2 Å². The summed E-state index contributed by atoms with van der Waals surface area (Å²) in [5, 5.41) is 3.24. The highest BCUT2D eigenvalue weighted by Gasteiger charge is 2.14. The molecule has 0 aromatic heterocycles. The number of halogens is 1. The zero-order valence-corrected chi connectivity index (χ0v) is 13.9. The van der Waals surface area contributed by atoms with E-state index in [0.29, 0.717) is 26.4 Å². The van der Waals surface area contributed by atoms with Crippen LogP contribution < -0.4 is 14.8 Å². The molecule has 0 atom stereocenters. The third kappa shape index (κ3) is 5.47. The summed E-state index contributed by atoms with van der Waals surface area (Å²) in [6.07, 6.45) is 0.843. The van der Waals surface area contributed by atoms with Crippen molar-refractivity contribution in [3.05, 3.63) is 22.2 Å². The van der Waals surface area contributed by atoms with E-state index in [-0.39, 0.29) is 0 Å². The Morgan fingerprint density at radius 3 is 2.57 bits per heavy atom. The zero-order chi connectivity index (χ0) is 14.9. The predicted octanol–water partition coefficient (Wildman–Crippen LogP) is 2.02. The number of hydrogen-bond acceptors (Lipinski definition) is 5. The third-order valence-electron chi connectivity index (χ3n) is 3.13. The molecule has 0 radical (unpaired) electrons. The third-order valence-corrected chi connectivity index (χ3v) is 3.87. The van der Waals surface area contributed by atoms with Crippen LogP contribution in [0.1, 0.15) is 5.56 Å². The maximum atomic E-state index is 5.62. The number of hydrogen-bond donors (Lipinski definition) is 1. The van der Waals surface area contributed by atoms with E-state index in [1.807, 2.05) is 12.1 Å². The average Bonchev–Trinajstić information content (AvgIpc) is 2.50. The highest BCUT2D eigenvalue weighted by Crippen LogP contribution is 2.35. The Labute approximate surface area is 134 Å². The number of rotatable bonds is 9. The normalized spacial score (nSPS) is 13.4. The Morgan fingerprint density at radius 1 is 1.10 bits per heavy atom. The van der Waals surface area contributed by atoms with E-state index in [9.17, 15) is 0 Å². The van der Waals surface area contributed by atoms with Gasteiger partial charge in [-0.25, -0.2) is 0 Å². The molecule has 21 heavy (non-hydrogen) atoms. The molecule has 0 amide bonds. The molecule has 0 fully saturated rings. The van der Waals surface area contributed by atoms with E-state index in [1.165, 1.54) is 5.56 Å². The van der Waals surface area contributed by atoms with E-state index >= 15 is 0 Å². The second-order valence-corrected chi connectivity index (χ2v) is 5.55. The second-order valence-electron chi connectivity index (χ2n) is 4.69. The van der Waals surface area contributed by atoms with Crippen molar-refractivity contribution in [1.29, 1.82) is 0 Å². The van der Waals surface area contributed by atoms with Gasteiger partial charge in [0, 0.05) is 24.7 Å². The van der Waals surface area contributed by atoms with Crippen molar-refractivity contribution in [3.8, 4) is 11.5 Å². The van der Waals surface area contributed by atoms with Gasteiger partial charge in [-0.15, -0.1) is 0 Å².